The lowest BCUT2D eigenvalue weighted by Crippen LogP contribution is -2.43. The first-order valence-corrected chi connectivity index (χ1v) is 11.9. The third-order valence-corrected chi connectivity index (χ3v) is 7.53. The van der Waals surface area contributed by atoms with Gasteiger partial charge >= 0.3 is 0 Å². The molecule has 3 rings (SSSR count). The Hall–Kier alpha value is -2.25. The van der Waals surface area contributed by atoms with Crippen LogP contribution in [-0.4, -0.2) is 43.2 Å². The summed E-state index contributed by atoms with van der Waals surface area (Å²) in [5.74, 6) is -0.140. The molecule has 1 aliphatic heterocycles. The van der Waals surface area contributed by atoms with Crippen molar-refractivity contribution >= 4 is 15.9 Å². The number of hydrogen-bond donors (Lipinski definition) is 1. The molecule has 0 spiro atoms. The standard InChI is InChI=1S/C23H31N3O3S/c1-23(2,3)20-6-8-21(9-7-20)30(28,29)26-15-11-19(12-16-26)22(27)25-14-10-18-5-4-13-24-17-18/h4-9,13,17,19H,10-12,14-16H2,1-3H3,(H,25,27). The van der Waals surface area contributed by atoms with Crippen LogP contribution in [0.1, 0.15) is 44.7 Å². The van der Waals surface area contributed by atoms with E-state index in [2.05, 4.69) is 31.1 Å². The van der Waals surface area contributed by atoms with Crippen molar-refractivity contribution in [2.45, 2.75) is 50.3 Å². The fraction of sp³-hybridized carbons (Fsp3) is 0.478. The van der Waals surface area contributed by atoms with Crippen LogP contribution < -0.4 is 5.32 Å². The zero-order chi connectivity index (χ0) is 21.8. The number of rotatable bonds is 6. The lowest BCUT2D eigenvalue weighted by Gasteiger charge is -2.30. The smallest absolute Gasteiger partial charge is 0.243 e. The normalized spacial score (nSPS) is 16.4. The summed E-state index contributed by atoms with van der Waals surface area (Å²) >= 11 is 0. The third-order valence-electron chi connectivity index (χ3n) is 5.62. The number of carbonyl (C=O) groups excluding carboxylic acids is 1. The number of pyridine rings is 1. The molecular formula is C23H31N3O3S. The lowest BCUT2D eigenvalue weighted by atomic mass is 9.87. The van der Waals surface area contributed by atoms with E-state index in [0.717, 1.165) is 17.5 Å². The van der Waals surface area contributed by atoms with Crippen molar-refractivity contribution in [3.05, 3.63) is 59.9 Å². The summed E-state index contributed by atoms with van der Waals surface area (Å²) in [6.07, 6.45) is 5.33. The van der Waals surface area contributed by atoms with Gasteiger partial charge in [-0.2, -0.15) is 4.31 Å². The summed E-state index contributed by atoms with van der Waals surface area (Å²) in [7, 11) is -3.53. The van der Waals surface area contributed by atoms with E-state index in [-0.39, 0.29) is 17.2 Å². The summed E-state index contributed by atoms with van der Waals surface area (Å²) in [5.41, 5.74) is 2.16. The van der Waals surface area contributed by atoms with Crippen molar-refractivity contribution in [3.63, 3.8) is 0 Å². The summed E-state index contributed by atoms with van der Waals surface area (Å²) < 4.78 is 27.4. The Morgan fingerprint density at radius 2 is 1.80 bits per heavy atom. The Morgan fingerprint density at radius 3 is 2.37 bits per heavy atom. The van der Waals surface area contributed by atoms with Crippen molar-refractivity contribution in [2.24, 2.45) is 5.92 Å². The maximum Gasteiger partial charge on any atom is 0.243 e. The Balaban J connectivity index is 1.52. The highest BCUT2D eigenvalue weighted by atomic mass is 32.2. The highest BCUT2D eigenvalue weighted by Crippen LogP contribution is 2.27. The van der Waals surface area contributed by atoms with E-state index >= 15 is 0 Å². The van der Waals surface area contributed by atoms with Crippen molar-refractivity contribution in [3.8, 4) is 0 Å². The summed E-state index contributed by atoms with van der Waals surface area (Å²) in [5, 5.41) is 2.97. The fourth-order valence-corrected chi connectivity index (χ4v) is 5.12. The summed E-state index contributed by atoms with van der Waals surface area (Å²) in [4.78, 5) is 16.8. The van der Waals surface area contributed by atoms with Crippen LogP contribution in [0.15, 0.2) is 53.7 Å². The molecule has 0 aliphatic carbocycles. The molecular weight excluding hydrogens is 398 g/mol. The molecule has 0 radical (unpaired) electrons. The molecule has 1 saturated heterocycles. The largest absolute Gasteiger partial charge is 0.356 e. The van der Waals surface area contributed by atoms with Crippen molar-refractivity contribution in [1.82, 2.24) is 14.6 Å². The predicted octanol–water partition coefficient (Wildman–Crippen LogP) is 3.14. The molecule has 0 atom stereocenters. The average Bonchev–Trinajstić information content (AvgIpc) is 2.74. The minimum atomic E-state index is -3.53. The van der Waals surface area contributed by atoms with Crippen LogP contribution in [-0.2, 0) is 26.7 Å². The average molecular weight is 430 g/mol. The number of aromatic nitrogens is 1. The number of benzene rings is 1. The Labute approximate surface area is 179 Å². The third kappa shape index (κ3) is 5.46. The molecule has 30 heavy (non-hydrogen) atoms. The SMILES string of the molecule is CC(C)(C)c1ccc(S(=O)(=O)N2CCC(C(=O)NCCc3cccnc3)CC2)cc1. The number of nitrogens with one attached hydrogen (secondary N) is 1. The fourth-order valence-electron chi connectivity index (χ4n) is 3.65. The van der Waals surface area contributed by atoms with Gasteiger partial charge in [0.25, 0.3) is 0 Å². The van der Waals surface area contributed by atoms with Crippen LogP contribution in [0.25, 0.3) is 0 Å². The van der Waals surface area contributed by atoms with Crippen LogP contribution in [0.2, 0.25) is 0 Å². The van der Waals surface area contributed by atoms with Gasteiger partial charge in [0.05, 0.1) is 4.90 Å². The van der Waals surface area contributed by atoms with E-state index in [1.807, 2.05) is 24.3 Å². The predicted molar refractivity (Wildman–Crippen MR) is 118 cm³/mol. The molecule has 6 nitrogen and oxygen atoms in total. The zero-order valence-electron chi connectivity index (χ0n) is 18.0. The molecule has 1 aromatic heterocycles. The van der Waals surface area contributed by atoms with Crippen LogP contribution in [0, 0.1) is 5.92 Å². The van der Waals surface area contributed by atoms with Crippen LogP contribution in [0.4, 0.5) is 0 Å². The topological polar surface area (TPSA) is 79.4 Å². The highest BCUT2D eigenvalue weighted by molar-refractivity contribution is 7.89. The number of sulfonamides is 1. The molecule has 0 bridgehead atoms. The number of nitrogens with zero attached hydrogens (tertiary/aromatic N) is 2. The van der Waals surface area contributed by atoms with Gasteiger partial charge in [0, 0.05) is 37.9 Å². The summed E-state index contributed by atoms with van der Waals surface area (Å²) in [6.45, 7) is 7.59. The van der Waals surface area contributed by atoms with Gasteiger partial charge in [0.1, 0.15) is 0 Å². The molecule has 2 aromatic rings. The van der Waals surface area contributed by atoms with E-state index in [1.54, 1.807) is 24.5 Å². The van der Waals surface area contributed by atoms with Crippen LogP contribution >= 0.6 is 0 Å². The Kier molecular flexibility index (Phi) is 6.93. The van der Waals surface area contributed by atoms with Crippen LogP contribution in [0.5, 0.6) is 0 Å². The molecule has 1 fully saturated rings. The molecule has 1 amide bonds. The molecule has 7 heteroatoms. The zero-order valence-corrected chi connectivity index (χ0v) is 18.8. The number of carbonyl (C=O) groups is 1. The van der Waals surface area contributed by atoms with Crippen LogP contribution in [0.3, 0.4) is 0 Å². The molecule has 0 saturated carbocycles. The minimum absolute atomic E-state index is 0.00506. The molecule has 1 aromatic carbocycles. The first kappa shape index (κ1) is 22.4. The van der Waals surface area contributed by atoms with E-state index in [9.17, 15) is 13.2 Å². The van der Waals surface area contributed by atoms with Gasteiger partial charge in [-0.15, -0.1) is 0 Å². The summed E-state index contributed by atoms with van der Waals surface area (Å²) in [6, 6.07) is 11.0. The highest BCUT2D eigenvalue weighted by Gasteiger charge is 2.32. The van der Waals surface area contributed by atoms with Gasteiger partial charge in [-0.25, -0.2) is 8.42 Å². The quantitative estimate of drug-likeness (QED) is 0.765. The Morgan fingerprint density at radius 1 is 1.13 bits per heavy atom. The molecule has 1 N–H and O–H groups in total. The molecule has 2 heterocycles. The van der Waals surface area contributed by atoms with Gasteiger partial charge in [-0.05, 0) is 54.0 Å². The van der Waals surface area contributed by atoms with E-state index in [1.165, 1.54) is 4.31 Å². The van der Waals surface area contributed by atoms with Crippen molar-refractivity contribution in [2.75, 3.05) is 19.6 Å². The molecule has 1 aliphatic rings. The second kappa shape index (κ2) is 9.27. The van der Waals surface area contributed by atoms with Gasteiger partial charge < -0.3 is 5.32 Å². The van der Waals surface area contributed by atoms with E-state index < -0.39 is 10.0 Å². The molecule has 162 valence electrons. The van der Waals surface area contributed by atoms with Gasteiger partial charge in [0.15, 0.2) is 0 Å². The van der Waals surface area contributed by atoms with Gasteiger partial charge in [-0.1, -0.05) is 39.0 Å². The van der Waals surface area contributed by atoms with Gasteiger partial charge in [0.2, 0.25) is 15.9 Å². The molecule has 0 unspecified atom stereocenters. The van der Waals surface area contributed by atoms with E-state index in [4.69, 9.17) is 0 Å². The number of piperidine rings is 1. The van der Waals surface area contributed by atoms with E-state index in [0.29, 0.717) is 37.4 Å². The Bertz CT molecular complexity index is 943. The number of hydrogen-bond acceptors (Lipinski definition) is 4. The second-order valence-corrected chi connectivity index (χ2v) is 10.8. The van der Waals surface area contributed by atoms with Crippen molar-refractivity contribution < 1.29 is 13.2 Å². The first-order valence-electron chi connectivity index (χ1n) is 10.5. The lowest BCUT2D eigenvalue weighted by molar-refractivity contribution is -0.126. The van der Waals surface area contributed by atoms with Gasteiger partial charge in [-0.3, -0.25) is 9.78 Å². The number of amides is 1. The first-order chi connectivity index (χ1) is 14.2. The van der Waals surface area contributed by atoms with Crippen molar-refractivity contribution in [1.29, 1.82) is 0 Å². The monoisotopic (exact) mass is 429 g/mol. The minimum Gasteiger partial charge on any atom is -0.356 e. The maximum atomic E-state index is 13.0. The maximum absolute atomic E-state index is 13.0. The second-order valence-electron chi connectivity index (χ2n) is 8.86.